The van der Waals surface area contributed by atoms with Gasteiger partial charge < -0.3 is 19.7 Å². The zero-order valence-corrected chi connectivity index (χ0v) is 12.5. The molecule has 0 radical (unpaired) electrons. The number of aliphatic carboxylic acids is 1. The Morgan fingerprint density at radius 2 is 2.23 bits per heavy atom. The van der Waals surface area contributed by atoms with Gasteiger partial charge in [-0.2, -0.15) is 0 Å². The molecule has 0 aliphatic carbocycles. The first-order valence-corrected chi connectivity index (χ1v) is 7.24. The first kappa shape index (κ1) is 14.9. The van der Waals surface area contributed by atoms with Crippen LogP contribution in [0.25, 0.3) is 10.9 Å². The van der Waals surface area contributed by atoms with Crippen molar-refractivity contribution in [1.29, 1.82) is 0 Å². The summed E-state index contributed by atoms with van der Waals surface area (Å²) in [5.74, 6) is -1.44. The number of hydrogen-bond acceptors (Lipinski definition) is 3. The molecular formula is C15H15ClN2O4. The summed E-state index contributed by atoms with van der Waals surface area (Å²) in [6.45, 7) is 0.347. The number of nitrogens with zero attached hydrogens (tertiary/aromatic N) is 1. The molecule has 1 aliphatic rings. The number of amides is 1. The molecule has 1 atom stereocenters. The van der Waals surface area contributed by atoms with Crippen LogP contribution < -0.4 is 5.32 Å². The van der Waals surface area contributed by atoms with Crippen molar-refractivity contribution in [3.63, 3.8) is 0 Å². The van der Waals surface area contributed by atoms with Gasteiger partial charge in [0, 0.05) is 29.8 Å². The maximum atomic E-state index is 12.2. The highest BCUT2D eigenvalue weighted by Gasteiger charge is 2.43. The van der Waals surface area contributed by atoms with Crippen LogP contribution in [0, 0.1) is 0 Å². The van der Waals surface area contributed by atoms with Gasteiger partial charge >= 0.3 is 5.97 Å². The van der Waals surface area contributed by atoms with E-state index in [4.69, 9.17) is 16.3 Å². The van der Waals surface area contributed by atoms with Gasteiger partial charge in [-0.3, -0.25) is 4.79 Å². The topological polar surface area (TPSA) is 80.6 Å². The number of benzene rings is 1. The summed E-state index contributed by atoms with van der Waals surface area (Å²) in [4.78, 5) is 23.6. The number of nitrogens with one attached hydrogen (secondary N) is 1. The Morgan fingerprint density at radius 1 is 1.41 bits per heavy atom. The van der Waals surface area contributed by atoms with Crippen molar-refractivity contribution in [2.75, 3.05) is 13.2 Å². The standard InChI is InChI=1S/C15H15ClN2O4/c16-11-2-1-10-3-5-18(12(10)7-11)8-13(19)17-15(14(20)21)4-6-22-9-15/h1-3,5,7H,4,6,8-9H2,(H,17,19)(H,20,21). The Morgan fingerprint density at radius 3 is 2.91 bits per heavy atom. The minimum Gasteiger partial charge on any atom is -0.479 e. The molecule has 0 spiro atoms. The average molecular weight is 323 g/mol. The van der Waals surface area contributed by atoms with Crippen molar-refractivity contribution in [2.24, 2.45) is 0 Å². The summed E-state index contributed by atoms with van der Waals surface area (Å²) >= 11 is 5.98. The third kappa shape index (κ3) is 2.67. The van der Waals surface area contributed by atoms with Crippen LogP contribution in [-0.2, 0) is 20.9 Å². The zero-order valence-electron chi connectivity index (χ0n) is 11.7. The van der Waals surface area contributed by atoms with E-state index in [1.54, 1.807) is 22.9 Å². The first-order valence-electron chi connectivity index (χ1n) is 6.87. The number of carboxylic acids is 1. The molecule has 2 N–H and O–H groups in total. The van der Waals surface area contributed by atoms with Gasteiger partial charge in [0.05, 0.1) is 6.61 Å². The Balaban J connectivity index is 1.78. The van der Waals surface area contributed by atoms with Gasteiger partial charge in [-0.15, -0.1) is 0 Å². The predicted molar refractivity (Wildman–Crippen MR) is 80.9 cm³/mol. The molecule has 1 aromatic carbocycles. The van der Waals surface area contributed by atoms with Crippen molar-refractivity contribution < 1.29 is 19.4 Å². The van der Waals surface area contributed by atoms with Crippen molar-refractivity contribution in [1.82, 2.24) is 9.88 Å². The Hall–Kier alpha value is -2.05. The van der Waals surface area contributed by atoms with Crippen LogP contribution in [0.1, 0.15) is 6.42 Å². The van der Waals surface area contributed by atoms with Gasteiger partial charge in [0.15, 0.2) is 5.54 Å². The highest BCUT2D eigenvalue weighted by Crippen LogP contribution is 2.22. The van der Waals surface area contributed by atoms with Crippen LogP contribution >= 0.6 is 11.6 Å². The van der Waals surface area contributed by atoms with Gasteiger partial charge in [-0.1, -0.05) is 17.7 Å². The second kappa shape index (κ2) is 5.62. The van der Waals surface area contributed by atoms with E-state index in [2.05, 4.69) is 5.32 Å². The van der Waals surface area contributed by atoms with Crippen molar-refractivity contribution >= 4 is 34.4 Å². The SMILES string of the molecule is O=C(Cn1ccc2ccc(Cl)cc21)NC1(C(=O)O)CCOC1. The van der Waals surface area contributed by atoms with Gasteiger partial charge in [-0.25, -0.2) is 4.79 Å². The van der Waals surface area contributed by atoms with E-state index >= 15 is 0 Å². The fraction of sp³-hybridized carbons (Fsp3) is 0.333. The summed E-state index contributed by atoms with van der Waals surface area (Å²) in [6.07, 6.45) is 2.05. The fourth-order valence-corrected chi connectivity index (χ4v) is 2.81. The van der Waals surface area contributed by atoms with E-state index in [1.165, 1.54) is 0 Å². The van der Waals surface area contributed by atoms with Crippen molar-refractivity contribution in [3.05, 3.63) is 35.5 Å². The lowest BCUT2D eigenvalue weighted by atomic mass is 9.99. The largest absolute Gasteiger partial charge is 0.479 e. The Labute approximate surface area is 131 Å². The molecule has 1 aromatic heterocycles. The summed E-state index contributed by atoms with van der Waals surface area (Å²) in [5.41, 5.74) is -0.493. The summed E-state index contributed by atoms with van der Waals surface area (Å²) in [6, 6.07) is 7.31. The second-order valence-electron chi connectivity index (χ2n) is 5.38. The molecule has 6 nitrogen and oxygen atoms in total. The van der Waals surface area contributed by atoms with Crippen LogP contribution in [0.4, 0.5) is 0 Å². The molecule has 1 unspecified atom stereocenters. The normalized spacial score (nSPS) is 21.1. The number of ether oxygens (including phenoxy) is 1. The molecule has 7 heteroatoms. The fourth-order valence-electron chi connectivity index (χ4n) is 2.64. The van der Waals surface area contributed by atoms with E-state index in [-0.39, 0.29) is 25.5 Å². The van der Waals surface area contributed by atoms with Crippen LogP contribution in [0.3, 0.4) is 0 Å². The number of carbonyl (C=O) groups excluding carboxylic acids is 1. The second-order valence-corrected chi connectivity index (χ2v) is 5.82. The number of rotatable bonds is 4. The zero-order chi connectivity index (χ0) is 15.7. The molecule has 116 valence electrons. The molecule has 0 saturated carbocycles. The Bertz CT molecular complexity index is 734. The maximum absolute atomic E-state index is 12.2. The average Bonchev–Trinajstić information content (AvgIpc) is 3.07. The first-order chi connectivity index (χ1) is 10.5. The summed E-state index contributed by atoms with van der Waals surface area (Å²) in [7, 11) is 0. The molecule has 3 rings (SSSR count). The molecule has 2 aromatic rings. The van der Waals surface area contributed by atoms with Crippen molar-refractivity contribution in [3.8, 4) is 0 Å². The van der Waals surface area contributed by atoms with Gasteiger partial charge in [-0.05, 0) is 23.6 Å². The van der Waals surface area contributed by atoms with E-state index in [0.29, 0.717) is 11.6 Å². The summed E-state index contributed by atoms with van der Waals surface area (Å²) in [5, 5.41) is 13.5. The number of hydrogen-bond donors (Lipinski definition) is 2. The number of carboxylic acid groups (broad SMARTS) is 1. The molecule has 2 heterocycles. The third-order valence-electron chi connectivity index (χ3n) is 3.86. The van der Waals surface area contributed by atoms with Crippen LogP contribution in [-0.4, -0.2) is 40.3 Å². The predicted octanol–water partition coefficient (Wildman–Crippen LogP) is 1.65. The van der Waals surface area contributed by atoms with Gasteiger partial charge in [0.25, 0.3) is 0 Å². The molecular weight excluding hydrogens is 308 g/mol. The molecule has 1 saturated heterocycles. The lowest BCUT2D eigenvalue weighted by Crippen LogP contribution is -2.55. The van der Waals surface area contributed by atoms with Crippen LogP contribution in [0.5, 0.6) is 0 Å². The number of carbonyl (C=O) groups is 2. The molecule has 1 aliphatic heterocycles. The van der Waals surface area contributed by atoms with E-state index in [1.807, 2.05) is 12.1 Å². The maximum Gasteiger partial charge on any atom is 0.331 e. The Kier molecular flexibility index (Phi) is 3.80. The molecule has 0 bridgehead atoms. The van der Waals surface area contributed by atoms with E-state index in [9.17, 15) is 14.7 Å². The van der Waals surface area contributed by atoms with Crippen LogP contribution in [0.15, 0.2) is 30.5 Å². The quantitative estimate of drug-likeness (QED) is 0.897. The summed E-state index contributed by atoms with van der Waals surface area (Å²) < 4.78 is 6.86. The highest BCUT2D eigenvalue weighted by atomic mass is 35.5. The molecule has 22 heavy (non-hydrogen) atoms. The van der Waals surface area contributed by atoms with Crippen LogP contribution in [0.2, 0.25) is 5.02 Å². The number of fused-ring (bicyclic) bond motifs is 1. The minimum absolute atomic E-state index is 0.00761. The highest BCUT2D eigenvalue weighted by molar-refractivity contribution is 6.31. The number of halogens is 1. The smallest absolute Gasteiger partial charge is 0.331 e. The lowest BCUT2D eigenvalue weighted by Gasteiger charge is -2.23. The monoisotopic (exact) mass is 322 g/mol. The number of aromatic nitrogens is 1. The molecule has 1 fully saturated rings. The lowest BCUT2D eigenvalue weighted by molar-refractivity contribution is -0.147. The molecule has 1 amide bonds. The minimum atomic E-state index is -1.32. The van der Waals surface area contributed by atoms with E-state index in [0.717, 1.165) is 10.9 Å². The van der Waals surface area contributed by atoms with Gasteiger partial charge in [0.2, 0.25) is 5.91 Å². The van der Waals surface area contributed by atoms with E-state index < -0.39 is 11.5 Å². The van der Waals surface area contributed by atoms with Gasteiger partial charge in [0.1, 0.15) is 6.54 Å². The third-order valence-corrected chi connectivity index (χ3v) is 4.09. The van der Waals surface area contributed by atoms with Crippen molar-refractivity contribution in [2.45, 2.75) is 18.5 Å².